The highest BCUT2D eigenvalue weighted by Gasteiger charge is 2.41. The molecule has 0 aliphatic carbocycles. The third-order valence-corrected chi connectivity index (χ3v) is 5.78. The molecule has 1 saturated heterocycles. The van der Waals surface area contributed by atoms with Gasteiger partial charge in [0.25, 0.3) is 0 Å². The Morgan fingerprint density at radius 1 is 1.27 bits per heavy atom. The molecule has 9 heteroatoms. The van der Waals surface area contributed by atoms with E-state index in [9.17, 15) is 13.2 Å². The molecule has 1 aromatic rings. The number of alkyl halides is 3. The molecule has 1 N–H and O–H groups in total. The fraction of sp³-hybridized carbons (Fsp3) is 0.765. The molecule has 1 atom stereocenters. The second-order valence-corrected chi connectivity index (χ2v) is 8.39. The van der Waals surface area contributed by atoms with Gasteiger partial charge in [0.2, 0.25) is 0 Å². The van der Waals surface area contributed by atoms with Crippen LogP contribution < -0.4 is 5.32 Å². The Balaban J connectivity index is 1.88. The van der Waals surface area contributed by atoms with Crippen LogP contribution in [-0.2, 0) is 12.0 Å². The monoisotopic (exact) mass is 391 g/mol. The standard InChI is InChI=1S/C17H28F3N5S/c1-12(17(18,19)20)24-6-8-25(9-7-24)15(21-5)22-10-13-11-26-14(23-13)16(2,3)4/h11-12H,6-10H2,1-5H3,(H,21,22). The first-order valence-corrected chi connectivity index (χ1v) is 9.61. The van der Waals surface area contributed by atoms with Crippen LogP contribution in [0.4, 0.5) is 13.2 Å². The van der Waals surface area contributed by atoms with Crippen LogP contribution in [-0.4, -0.2) is 66.2 Å². The van der Waals surface area contributed by atoms with E-state index in [2.05, 4.69) is 36.1 Å². The predicted octanol–water partition coefficient (Wildman–Crippen LogP) is 3.08. The lowest BCUT2D eigenvalue weighted by molar-refractivity contribution is -0.181. The molecule has 0 bridgehead atoms. The molecular weight excluding hydrogens is 363 g/mol. The van der Waals surface area contributed by atoms with Gasteiger partial charge in [-0.2, -0.15) is 13.2 Å². The SMILES string of the molecule is CN=C(NCc1csc(C(C)(C)C)n1)N1CCN(C(C)C(F)(F)F)CC1. The largest absolute Gasteiger partial charge is 0.403 e. The van der Waals surface area contributed by atoms with Gasteiger partial charge in [-0.1, -0.05) is 20.8 Å². The van der Waals surface area contributed by atoms with Crippen LogP contribution in [0.1, 0.15) is 38.4 Å². The number of hydrogen-bond acceptors (Lipinski definition) is 4. The van der Waals surface area contributed by atoms with Gasteiger partial charge < -0.3 is 10.2 Å². The second kappa shape index (κ2) is 8.12. The van der Waals surface area contributed by atoms with E-state index in [-0.39, 0.29) is 5.41 Å². The van der Waals surface area contributed by atoms with Crippen LogP contribution in [0.5, 0.6) is 0 Å². The number of piperazine rings is 1. The number of nitrogens with one attached hydrogen (secondary N) is 1. The van der Waals surface area contributed by atoms with Gasteiger partial charge in [-0.25, -0.2) is 4.98 Å². The third-order valence-electron chi connectivity index (χ3n) is 4.47. The molecule has 1 fully saturated rings. The summed E-state index contributed by atoms with van der Waals surface area (Å²) in [7, 11) is 1.69. The number of aliphatic imine (C=N–C) groups is 1. The molecule has 1 aromatic heterocycles. The summed E-state index contributed by atoms with van der Waals surface area (Å²) in [5.41, 5.74) is 0.973. The van der Waals surface area contributed by atoms with Gasteiger partial charge in [0.15, 0.2) is 5.96 Å². The summed E-state index contributed by atoms with van der Waals surface area (Å²) in [4.78, 5) is 12.4. The Labute approximate surface area is 157 Å². The molecule has 0 amide bonds. The van der Waals surface area contributed by atoms with Crippen LogP contribution >= 0.6 is 11.3 Å². The van der Waals surface area contributed by atoms with E-state index in [1.165, 1.54) is 11.8 Å². The lowest BCUT2D eigenvalue weighted by atomic mass is 9.98. The molecule has 1 unspecified atom stereocenters. The van der Waals surface area contributed by atoms with Crippen LogP contribution in [0, 0.1) is 0 Å². The summed E-state index contributed by atoms with van der Waals surface area (Å²) >= 11 is 1.64. The lowest BCUT2D eigenvalue weighted by Gasteiger charge is -2.39. The van der Waals surface area contributed by atoms with Crippen molar-refractivity contribution >= 4 is 17.3 Å². The normalized spacial score (nSPS) is 18.9. The van der Waals surface area contributed by atoms with E-state index >= 15 is 0 Å². The summed E-state index contributed by atoms with van der Waals surface area (Å²) in [6.45, 7) is 9.93. The van der Waals surface area contributed by atoms with Crippen molar-refractivity contribution in [1.29, 1.82) is 0 Å². The van der Waals surface area contributed by atoms with Crippen molar-refractivity contribution in [1.82, 2.24) is 20.1 Å². The number of aromatic nitrogens is 1. The predicted molar refractivity (Wildman–Crippen MR) is 99.7 cm³/mol. The topological polar surface area (TPSA) is 43.8 Å². The van der Waals surface area contributed by atoms with Gasteiger partial charge in [-0.05, 0) is 6.92 Å². The maximum atomic E-state index is 12.9. The Kier molecular flexibility index (Phi) is 6.55. The first-order valence-electron chi connectivity index (χ1n) is 8.73. The fourth-order valence-electron chi connectivity index (χ4n) is 2.76. The number of guanidine groups is 1. The summed E-state index contributed by atoms with van der Waals surface area (Å²) in [6, 6.07) is -1.41. The highest BCUT2D eigenvalue weighted by atomic mass is 32.1. The number of rotatable bonds is 3. The molecule has 0 spiro atoms. The second-order valence-electron chi connectivity index (χ2n) is 7.54. The van der Waals surface area contributed by atoms with Crippen molar-refractivity contribution in [3.8, 4) is 0 Å². The molecule has 1 aliphatic heterocycles. The lowest BCUT2D eigenvalue weighted by Crippen LogP contribution is -2.56. The molecule has 2 heterocycles. The van der Waals surface area contributed by atoms with Crippen molar-refractivity contribution in [3.63, 3.8) is 0 Å². The summed E-state index contributed by atoms with van der Waals surface area (Å²) < 4.78 is 38.6. The van der Waals surface area contributed by atoms with Gasteiger partial charge in [0.1, 0.15) is 6.04 Å². The zero-order chi connectivity index (χ0) is 19.5. The van der Waals surface area contributed by atoms with Crippen LogP contribution in [0.2, 0.25) is 0 Å². The summed E-state index contributed by atoms with van der Waals surface area (Å²) in [5.74, 6) is 0.703. The Bertz CT molecular complexity index is 613. The molecule has 0 radical (unpaired) electrons. The van der Waals surface area contributed by atoms with Crippen molar-refractivity contribution in [3.05, 3.63) is 16.1 Å². The number of hydrogen-bond donors (Lipinski definition) is 1. The third kappa shape index (κ3) is 5.33. The molecule has 5 nitrogen and oxygen atoms in total. The minimum Gasteiger partial charge on any atom is -0.351 e. The van der Waals surface area contributed by atoms with E-state index in [4.69, 9.17) is 0 Å². The molecule has 0 aromatic carbocycles. The van der Waals surface area contributed by atoms with E-state index in [1.54, 1.807) is 18.4 Å². The average molecular weight is 392 g/mol. The van der Waals surface area contributed by atoms with Gasteiger partial charge in [-0.15, -0.1) is 11.3 Å². The zero-order valence-electron chi connectivity index (χ0n) is 16.0. The van der Waals surface area contributed by atoms with Crippen molar-refractivity contribution < 1.29 is 13.2 Å². The first kappa shape index (κ1) is 21.0. The number of halogens is 3. The maximum absolute atomic E-state index is 12.9. The summed E-state index contributed by atoms with van der Waals surface area (Å²) in [5, 5.41) is 6.39. The molecule has 148 valence electrons. The van der Waals surface area contributed by atoms with Gasteiger partial charge in [-0.3, -0.25) is 9.89 Å². The maximum Gasteiger partial charge on any atom is 0.403 e. The van der Waals surface area contributed by atoms with Crippen LogP contribution in [0.15, 0.2) is 10.4 Å². The fourth-order valence-corrected chi connectivity index (χ4v) is 3.67. The Hall–Kier alpha value is -1.35. The van der Waals surface area contributed by atoms with Gasteiger partial charge >= 0.3 is 6.18 Å². The zero-order valence-corrected chi connectivity index (χ0v) is 16.8. The smallest absolute Gasteiger partial charge is 0.351 e. The quantitative estimate of drug-likeness (QED) is 0.635. The molecule has 26 heavy (non-hydrogen) atoms. The molecule has 0 saturated carbocycles. The Morgan fingerprint density at radius 2 is 1.88 bits per heavy atom. The van der Waals surface area contributed by atoms with E-state index in [0.717, 1.165) is 10.7 Å². The highest BCUT2D eigenvalue weighted by Crippen LogP contribution is 2.26. The number of nitrogens with zero attached hydrogens (tertiary/aromatic N) is 4. The van der Waals surface area contributed by atoms with Gasteiger partial charge in [0, 0.05) is 44.0 Å². The molecule has 2 rings (SSSR count). The van der Waals surface area contributed by atoms with E-state index in [0.29, 0.717) is 38.7 Å². The molecule has 1 aliphatic rings. The van der Waals surface area contributed by atoms with Crippen molar-refractivity contribution in [2.45, 2.75) is 51.9 Å². The number of thiazole rings is 1. The summed E-state index contributed by atoms with van der Waals surface area (Å²) in [6.07, 6.45) is -4.18. The van der Waals surface area contributed by atoms with Crippen molar-refractivity contribution in [2.24, 2.45) is 4.99 Å². The minimum absolute atomic E-state index is 0.0239. The van der Waals surface area contributed by atoms with Gasteiger partial charge in [0.05, 0.1) is 17.2 Å². The van der Waals surface area contributed by atoms with Crippen molar-refractivity contribution in [2.75, 3.05) is 33.2 Å². The van der Waals surface area contributed by atoms with E-state index in [1.807, 2.05) is 10.3 Å². The Morgan fingerprint density at radius 3 is 2.35 bits per heavy atom. The van der Waals surface area contributed by atoms with Crippen LogP contribution in [0.25, 0.3) is 0 Å². The first-order chi connectivity index (χ1) is 12.0. The minimum atomic E-state index is -4.18. The highest BCUT2D eigenvalue weighted by molar-refractivity contribution is 7.09. The van der Waals surface area contributed by atoms with Crippen LogP contribution in [0.3, 0.4) is 0 Å². The van der Waals surface area contributed by atoms with E-state index < -0.39 is 12.2 Å². The molecular formula is C17H28F3N5S. The average Bonchev–Trinajstić information content (AvgIpc) is 3.04.